The molecule has 1 aromatic carbocycles. The number of hydrogen-bond donors (Lipinski definition) is 1. The Morgan fingerprint density at radius 1 is 1.16 bits per heavy atom. The van der Waals surface area contributed by atoms with Crippen LogP contribution in [-0.4, -0.2) is 16.7 Å². The first-order valence-corrected chi connectivity index (χ1v) is 6.61. The zero-order valence-electron chi connectivity index (χ0n) is 10.2. The summed E-state index contributed by atoms with van der Waals surface area (Å²) in [6.07, 6.45) is 1.00. The molecular formula is C12H12F3N3S. The van der Waals surface area contributed by atoms with Crippen LogP contribution < -0.4 is 5.32 Å². The highest BCUT2D eigenvalue weighted by molar-refractivity contribution is 7.14. The van der Waals surface area contributed by atoms with Gasteiger partial charge in [0.25, 0.3) is 0 Å². The predicted molar refractivity (Wildman–Crippen MR) is 67.2 cm³/mol. The molecule has 2 aromatic rings. The minimum Gasteiger partial charge on any atom is -0.310 e. The van der Waals surface area contributed by atoms with E-state index in [1.165, 1.54) is 11.3 Å². The van der Waals surface area contributed by atoms with Gasteiger partial charge in [-0.15, -0.1) is 10.2 Å². The van der Waals surface area contributed by atoms with Crippen LogP contribution in [0, 0.1) is 17.5 Å². The molecule has 0 bridgehead atoms. The quantitative estimate of drug-likeness (QED) is 0.678. The highest BCUT2D eigenvalue weighted by atomic mass is 32.1. The minimum atomic E-state index is -1.47. The van der Waals surface area contributed by atoms with Crippen molar-refractivity contribution < 1.29 is 13.2 Å². The van der Waals surface area contributed by atoms with Crippen molar-refractivity contribution in [1.82, 2.24) is 15.5 Å². The van der Waals surface area contributed by atoms with E-state index in [2.05, 4.69) is 15.5 Å². The van der Waals surface area contributed by atoms with Crippen LogP contribution in [0.25, 0.3) is 10.6 Å². The van der Waals surface area contributed by atoms with E-state index in [4.69, 9.17) is 0 Å². The molecule has 3 nitrogen and oxygen atoms in total. The van der Waals surface area contributed by atoms with E-state index in [-0.39, 0.29) is 5.56 Å². The molecule has 0 atom stereocenters. The van der Waals surface area contributed by atoms with Crippen molar-refractivity contribution >= 4 is 11.3 Å². The van der Waals surface area contributed by atoms with E-state index in [9.17, 15) is 13.2 Å². The Bertz CT molecular complexity index is 548. The molecule has 1 heterocycles. The zero-order chi connectivity index (χ0) is 13.8. The summed E-state index contributed by atoms with van der Waals surface area (Å²) in [6, 6.07) is 1.84. The number of halogens is 3. The fourth-order valence-corrected chi connectivity index (χ4v) is 2.29. The lowest BCUT2D eigenvalue weighted by atomic mass is 10.2. The maximum atomic E-state index is 13.1. The number of nitrogens with zero attached hydrogens (tertiary/aromatic N) is 2. The van der Waals surface area contributed by atoms with Gasteiger partial charge in [0.15, 0.2) is 17.5 Å². The molecule has 0 amide bonds. The normalized spacial score (nSPS) is 10.9. The Morgan fingerprint density at radius 2 is 1.84 bits per heavy atom. The zero-order valence-corrected chi connectivity index (χ0v) is 11.0. The Morgan fingerprint density at radius 3 is 2.47 bits per heavy atom. The van der Waals surface area contributed by atoms with Gasteiger partial charge in [-0.05, 0) is 25.1 Å². The first-order valence-electron chi connectivity index (χ1n) is 5.79. The average Bonchev–Trinajstić information content (AvgIpc) is 2.84. The molecule has 0 radical (unpaired) electrons. The van der Waals surface area contributed by atoms with E-state index in [1.807, 2.05) is 6.92 Å². The molecule has 102 valence electrons. The van der Waals surface area contributed by atoms with Crippen LogP contribution in [0.2, 0.25) is 0 Å². The third-order valence-corrected chi connectivity index (χ3v) is 3.37. The van der Waals surface area contributed by atoms with Crippen LogP contribution in [0.15, 0.2) is 12.1 Å². The topological polar surface area (TPSA) is 37.8 Å². The van der Waals surface area contributed by atoms with Gasteiger partial charge in [-0.1, -0.05) is 18.3 Å². The molecule has 0 aliphatic carbocycles. The lowest BCUT2D eigenvalue weighted by Gasteiger charge is -1.99. The lowest BCUT2D eigenvalue weighted by molar-refractivity contribution is 0.447. The van der Waals surface area contributed by atoms with Crippen molar-refractivity contribution in [2.45, 2.75) is 19.9 Å². The highest BCUT2D eigenvalue weighted by Crippen LogP contribution is 2.26. The molecule has 2 rings (SSSR count). The molecular weight excluding hydrogens is 275 g/mol. The molecule has 0 saturated carbocycles. The fraction of sp³-hybridized carbons (Fsp3) is 0.333. The van der Waals surface area contributed by atoms with Gasteiger partial charge in [-0.2, -0.15) is 0 Å². The van der Waals surface area contributed by atoms with Crippen LogP contribution in [0.3, 0.4) is 0 Å². The maximum Gasteiger partial charge on any atom is 0.194 e. The molecule has 0 unspecified atom stereocenters. The fourth-order valence-electron chi connectivity index (χ4n) is 1.49. The molecule has 1 N–H and O–H groups in total. The lowest BCUT2D eigenvalue weighted by Crippen LogP contribution is -2.13. The molecule has 0 saturated heterocycles. The summed E-state index contributed by atoms with van der Waals surface area (Å²) >= 11 is 1.22. The minimum absolute atomic E-state index is 0.190. The first-order chi connectivity index (χ1) is 9.11. The van der Waals surface area contributed by atoms with Crippen molar-refractivity contribution in [3.63, 3.8) is 0 Å². The number of hydrogen-bond acceptors (Lipinski definition) is 4. The van der Waals surface area contributed by atoms with Crippen molar-refractivity contribution in [1.29, 1.82) is 0 Å². The average molecular weight is 287 g/mol. The maximum absolute atomic E-state index is 13.1. The van der Waals surface area contributed by atoms with Gasteiger partial charge in [0.1, 0.15) is 10.0 Å². The summed E-state index contributed by atoms with van der Waals surface area (Å²) in [4.78, 5) is 0. The van der Waals surface area contributed by atoms with Crippen molar-refractivity contribution in [3.8, 4) is 10.6 Å². The Balaban J connectivity index is 2.18. The Labute approximate surface area is 112 Å². The van der Waals surface area contributed by atoms with Gasteiger partial charge in [-0.3, -0.25) is 0 Å². The van der Waals surface area contributed by atoms with Gasteiger partial charge in [0, 0.05) is 12.1 Å². The SMILES string of the molecule is CCCNCc1nnc(-c2cc(F)c(F)c(F)c2)s1. The Kier molecular flexibility index (Phi) is 4.49. The summed E-state index contributed by atoms with van der Waals surface area (Å²) in [5.41, 5.74) is 0.190. The number of aromatic nitrogens is 2. The number of benzene rings is 1. The summed E-state index contributed by atoms with van der Waals surface area (Å²) < 4.78 is 39.1. The van der Waals surface area contributed by atoms with Crippen LogP contribution in [0.4, 0.5) is 13.2 Å². The number of nitrogens with one attached hydrogen (secondary N) is 1. The summed E-state index contributed by atoms with van der Waals surface area (Å²) in [6.45, 7) is 3.45. The van der Waals surface area contributed by atoms with E-state index >= 15 is 0 Å². The molecule has 0 aliphatic rings. The van der Waals surface area contributed by atoms with Crippen LogP contribution in [-0.2, 0) is 6.54 Å². The molecule has 7 heteroatoms. The second kappa shape index (κ2) is 6.12. The highest BCUT2D eigenvalue weighted by Gasteiger charge is 2.14. The smallest absolute Gasteiger partial charge is 0.194 e. The van der Waals surface area contributed by atoms with Gasteiger partial charge >= 0.3 is 0 Å². The van der Waals surface area contributed by atoms with Gasteiger partial charge in [0.2, 0.25) is 0 Å². The summed E-state index contributed by atoms with van der Waals surface area (Å²) in [5, 5.41) is 12.0. The molecule has 0 spiro atoms. The van der Waals surface area contributed by atoms with Crippen LogP contribution in [0.5, 0.6) is 0 Å². The van der Waals surface area contributed by atoms with Crippen LogP contribution in [0.1, 0.15) is 18.4 Å². The second-order valence-electron chi connectivity index (χ2n) is 3.93. The monoisotopic (exact) mass is 287 g/mol. The number of rotatable bonds is 5. The molecule has 1 aromatic heterocycles. The van der Waals surface area contributed by atoms with E-state index in [0.29, 0.717) is 16.6 Å². The summed E-state index contributed by atoms with van der Waals surface area (Å²) in [5.74, 6) is -3.93. The van der Waals surface area contributed by atoms with Gasteiger partial charge < -0.3 is 5.32 Å². The Hall–Kier alpha value is -1.47. The van der Waals surface area contributed by atoms with E-state index < -0.39 is 17.5 Å². The van der Waals surface area contributed by atoms with Crippen molar-refractivity contribution in [2.75, 3.05) is 6.54 Å². The van der Waals surface area contributed by atoms with Crippen molar-refractivity contribution in [2.24, 2.45) is 0 Å². The van der Waals surface area contributed by atoms with Gasteiger partial charge in [0.05, 0.1) is 0 Å². The van der Waals surface area contributed by atoms with Gasteiger partial charge in [-0.25, -0.2) is 13.2 Å². The second-order valence-corrected chi connectivity index (χ2v) is 4.99. The summed E-state index contributed by atoms with van der Waals surface area (Å²) in [7, 11) is 0. The van der Waals surface area contributed by atoms with Crippen molar-refractivity contribution in [3.05, 3.63) is 34.6 Å². The van der Waals surface area contributed by atoms with E-state index in [0.717, 1.165) is 25.1 Å². The largest absolute Gasteiger partial charge is 0.310 e. The third kappa shape index (κ3) is 3.30. The standard InChI is InChI=1S/C12H12F3N3S/c1-2-3-16-6-10-17-18-12(19-10)7-4-8(13)11(15)9(14)5-7/h4-5,16H,2-3,6H2,1H3. The molecule has 19 heavy (non-hydrogen) atoms. The molecule has 0 aliphatic heterocycles. The third-order valence-electron chi connectivity index (χ3n) is 2.40. The van der Waals surface area contributed by atoms with E-state index in [1.54, 1.807) is 0 Å². The molecule has 0 fully saturated rings. The predicted octanol–water partition coefficient (Wildman–Crippen LogP) is 3.12. The first kappa shape index (κ1) is 14.0. The van der Waals surface area contributed by atoms with Crippen LogP contribution >= 0.6 is 11.3 Å².